The highest BCUT2D eigenvalue weighted by molar-refractivity contribution is 7.11. The van der Waals surface area contributed by atoms with Gasteiger partial charge in [0.15, 0.2) is 0 Å². The zero-order valence-corrected chi connectivity index (χ0v) is 11.4. The van der Waals surface area contributed by atoms with Crippen LogP contribution in [0.5, 0.6) is 0 Å². The number of thiazole rings is 1. The van der Waals surface area contributed by atoms with Gasteiger partial charge in [0.1, 0.15) is 0 Å². The fourth-order valence-corrected chi connectivity index (χ4v) is 2.23. The van der Waals surface area contributed by atoms with Gasteiger partial charge in [0.25, 0.3) is 0 Å². The van der Waals surface area contributed by atoms with Gasteiger partial charge in [0.2, 0.25) is 5.91 Å². The van der Waals surface area contributed by atoms with Gasteiger partial charge < -0.3 is 11.1 Å². The van der Waals surface area contributed by atoms with Crippen molar-refractivity contribution < 1.29 is 4.79 Å². The largest absolute Gasteiger partial charge is 0.399 e. The number of nitrogens with one attached hydrogen (secondary N) is 1. The van der Waals surface area contributed by atoms with Gasteiger partial charge in [0, 0.05) is 22.8 Å². The Morgan fingerprint density at radius 1 is 1.42 bits per heavy atom. The topological polar surface area (TPSA) is 68.0 Å². The number of hydrogen-bond acceptors (Lipinski definition) is 4. The smallest absolute Gasteiger partial charge is 0.244 e. The monoisotopic (exact) mass is 273 g/mol. The van der Waals surface area contributed by atoms with Crippen molar-refractivity contribution in [3.05, 3.63) is 52.0 Å². The maximum absolute atomic E-state index is 11.6. The number of hydrogen-bond donors (Lipinski definition) is 2. The fourth-order valence-electron chi connectivity index (χ4n) is 1.50. The molecule has 19 heavy (non-hydrogen) atoms. The van der Waals surface area contributed by atoms with Crippen molar-refractivity contribution in [1.82, 2.24) is 10.3 Å². The van der Waals surface area contributed by atoms with Crippen LogP contribution in [0.3, 0.4) is 0 Å². The molecule has 2 rings (SSSR count). The van der Waals surface area contributed by atoms with Gasteiger partial charge >= 0.3 is 0 Å². The SMILES string of the molecule is Cc1ncc(CNC(=O)/C=C/c2ccc(N)cc2)s1. The predicted molar refractivity (Wildman–Crippen MR) is 78.6 cm³/mol. The number of nitrogens with two attached hydrogens (primary N) is 1. The molecule has 0 radical (unpaired) electrons. The van der Waals surface area contributed by atoms with Crippen molar-refractivity contribution in [2.24, 2.45) is 0 Å². The standard InChI is InChI=1S/C14H15N3OS/c1-10-16-8-13(19-10)9-17-14(18)7-4-11-2-5-12(15)6-3-11/h2-8H,9,15H2,1H3,(H,17,18)/b7-4+. The van der Waals surface area contributed by atoms with Crippen LogP contribution in [0.1, 0.15) is 15.4 Å². The van der Waals surface area contributed by atoms with Crippen molar-refractivity contribution >= 4 is 29.0 Å². The van der Waals surface area contributed by atoms with Crippen molar-refractivity contribution in [2.75, 3.05) is 5.73 Å². The van der Waals surface area contributed by atoms with Crippen molar-refractivity contribution in [3.8, 4) is 0 Å². The van der Waals surface area contributed by atoms with Crippen LogP contribution in [0, 0.1) is 6.92 Å². The van der Waals surface area contributed by atoms with E-state index in [4.69, 9.17) is 5.73 Å². The van der Waals surface area contributed by atoms with E-state index in [-0.39, 0.29) is 5.91 Å². The van der Waals surface area contributed by atoms with E-state index in [1.54, 1.807) is 35.7 Å². The first-order valence-corrected chi connectivity index (χ1v) is 6.68. The first-order valence-electron chi connectivity index (χ1n) is 5.86. The average Bonchev–Trinajstić information content (AvgIpc) is 2.81. The number of nitrogens with zero attached hydrogens (tertiary/aromatic N) is 1. The molecular formula is C14H15N3OS. The lowest BCUT2D eigenvalue weighted by atomic mass is 10.2. The summed E-state index contributed by atoms with van der Waals surface area (Å²) in [6, 6.07) is 7.34. The lowest BCUT2D eigenvalue weighted by Crippen LogP contribution is -2.19. The summed E-state index contributed by atoms with van der Waals surface area (Å²) in [5, 5.41) is 3.82. The van der Waals surface area contributed by atoms with Crippen LogP contribution in [-0.4, -0.2) is 10.9 Å². The van der Waals surface area contributed by atoms with E-state index in [1.807, 2.05) is 19.1 Å². The van der Waals surface area contributed by atoms with Crippen LogP contribution < -0.4 is 11.1 Å². The van der Waals surface area contributed by atoms with Gasteiger partial charge in [-0.2, -0.15) is 0 Å². The Morgan fingerprint density at radius 3 is 2.79 bits per heavy atom. The number of aryl methyl sites for hydroxylation is 1. The van der Waals surface area contributed by atoms with Crippen LogP contribution in [0.4, 0.5) is 5.69 Å². The summed E-state index contributed by atoms with van der Waals surface area (Å²) < 4.78 is 0. The van der Waals surface area contributed by atoms with Crippen molar-refractivity contribution in [3.63, 3.8) is 0 Å². The molecular weight excluding hydrogens is 258 g/mol. The molecule has 0 aliphatic rings. The molecule has 3 N–H and O–H groups in total. The maximum atomic E-state index is 11.6. The van der Waals surface area contributed by atoms with Crippen LogP contribution >= 0.6 is 11.3 Å². The number of aromatic nitrogens is 1. The number of carbonyl (C=O) groups excluding carboxylic acids is 1. The van der Waals surface area contributed by atoms with Crippen molar-refractivity contribution in [1.29, 1.82) is 0 Å². The number of benzene rings is 1. The molecule has 0 fully saturated rings. The minimum Gasteiger partial charge on any atom is -0.399 e. The number of anilines is 1. The Morgan fingerprint density at radius 2 is 2.16 bits per heavy atom. The molecule has 1 aromatic heterocycles. The van der Waals surface area contributed by atoms with Crippen LogP contribution in [0.2, 0.25) is 0 Å². The van der Waals surface area contributed by atoms with E-state index in [9.17, 15) is 4.79 Å². The summed E-state index contributed by atoms with van der Waals surface area (Å²) >= 11 is 1.58. The van der Waals surface area contributed by atoms with Gasteiger partial charge in [-0.05, 0) is 30.7 Å². The highest BCUT2D eigenvalue weighted by Crippen LogP contribution is 2.11. The minimum absolute atomic E-state index is 0.122. The van der Waals surface area contributed by atoms with E-state index >= 15 is 0 Å². The molecule has 5 heteroatoms. The first kappa shape index (κ1) is 13.3. The first-order chi connectivity index (χ1) is 9.13. The normalized spacial score (nSPS) is 10.8. The lowest BCUT2D eigenvalue weighted by Gasteiger charge is -1.98. The molecule has 2 aromatic rings. The van der Waals surface area contributed by atoms with Gasteiger partial charge in [-0.3, -0.25) is 4.79 Å². The minimum atomic E-state index is -0.122. The van der Waals surface area contributed by atoms with E-state index < -0.39 is 0 Å². The summed E-state index contributed by atoms with van der Waals surface area (Å²) in [7, 11) is 0. The molecule has 1 amide bonds. The molecule has 4 nitrogen and oxygen atoms in total. The molecule has 0 unspecified atom stereocenters. The Kier molecular flexibility index (Phi) is 4.30. The van der Waals surface area contributed by atoms with Gasteiger partial charge in [-0.15, -0.1) is 11.3 Å². The summed E-state index contributed by atoms with van der Waals surface area (Å²) in [5.74, 6) is -0.122. The second-order valence-electron chi connectivity index (χ2n) is 4.06. The van der Waals surface area contributed by atoms with Crippen LogP contribution in [0.25, 0.3) is 6.08 Å². The number of amides is 1. The van der Waals surface area contributed by atoms with E-state index in [0.717, 1.165) is 15.4 Å². The Balaban J connectivity index is 1.85. The van der Waals surface area contributed by atoms with E-state index in [0.29, 0.717) is 12.2 Å². The second-order valence-corrected chi connectivity index (χ2v) is 5.38. The highest BCUT2D eigenvalue weighted by Gasteiger charge is 2.00. The Labute approximate surface area is 116 Å². The lowest BCUT2D eigenvalue weighted by molar-refractivity contribution is -0.116. The van der Waals surface area contributed by atoms with Crippen LogP contribution in [0.15, 0.2) is 36.5 Å². The third-order valence-electron chi connectivity index (χ3n) is 2.47. The van der Waals surface area contributed by atoms with Gasteiger partial charge in [-0.1, -0.05) is 12.1 Å². The molecule has 0 bridgehead atoms. The molecule has 0 saturated heterocycles. The summed E-state index contributed by atoms with van der Waals surface area (Å²) in [4.78, 5) is 16.8. The zero-order valence-electron chi connectivity index (χ0n) is 10.6. The van der Waals surface area contributed by atoms with Crippen molar-refractivity contribution in [2.45, 2.75) is 13.5 Å². The molecule has 0 atom stereocenters. The third-order valence-corrected chi connectivity index (χ3v) is 3.38. The highest BCUT2D eigenvalue weighted by atomic mass is 32.1. The van der Waals surface area contributed by atoms with Gasteiger partial charge in [-0.25, -0.2) is 4.98 Å². The second kappa shape index (κ2) is 6.15. The Bertz CT molecular complexity index is 587. The predicted octanol–water partition coefficient (Wildman–Crippen LogP) is 2.36. The van der Waals surface area contributed by atoms with Crippen LogP contribution in [-0.2, 0) is 11.3 Å². The third kappa shape index (κ3) is 4.22. The zero-order chi connectivity index (χ0) is 13.7. The molecule has 1 heterocycles. The quantitative estimate of drug-likeness (QED) is 0.664. The van der Waals surface area contributed by atoms with E-state index in [2.05, 4.69) is 10.3 Å². The molecule has 1 aromatic carbocycles. The summed E-state index contributed by atoms with van der Waals surface area (Å²) in [6.45, 7) is 2.45. The fraction of sp³-hybridized carbons (Fsp3) is 0.143. The molecule has 0 aliphatic heterocycles. The maximum Gasteiger partial charge on any atom is 0.244 e. The molecule has 0 aliphatic carbocycles. The molecule has 0 saturated carbocycles. The summed E-state index contributed by atoms with van der Waals surface area (Å²) in [5.41, 5.74) is 7.24. The summed E-state index contributed by atoms with van der Waals surface area (Å²) in [6.07, 6.45) is 5.05. The number of carbonyl (C=O) groups is 1. The average molecular weight is 273 g/mol. The van der Waals surface area contributed by atoms with Gasteiger partial charge in [0.05, 0.1) is 11.6 Å². The molecule has 98 valence electrons. The number of nitrogen functional groups attached to an aromatic ring is 1. The van der Waals surface area contributed by atoms with E-state index in [1.165, 1.54) is 6.08 Å². The molecule has 0 spiro atoms. The Hall–Kier alpha value is -2.14. The number of rotatable bonds is 4.